The van der Waals surface area contributed by atoms with E-state index in [1.54, 1.807) is 0 Å². The fraction of sp³-hybridized carbons (Fsp3) is 0.818. The summed E-state index contributed by atoms with van der Waals surface area (Å²) < 4.78 is 10.4. The summed E-state index contributed by atoms with van der Waals surface area (Å²) >= 11 is 0. The second kappa shape index (κ2) is 7.64. The minimum atomic E-state index is -1.45. The molecule has 122 valence electrons. The molecule has 0 aromatic rings. The molecule has 1 fully saturated rings. The molecule has 21 heavy (non-hydrogen) atoms. The van der Waals surface area contributed by atoms with Crippen LogP contribution in [0.1, 0.15) is 6.92 Å². The maximum Gasteiger partial charge on any atom is 0.322 e. The van der Waals surface area contributed by atoms with Gasteiger partial charge in [0.15, 0.2) is 6.29 Å². The minimum absolute atomic E-state index is 0.433. The average Bonchev–Trinajstić information content (AvgIpc) is 2.42. The molecule has 0 aliphatic carbocycles. The van der Waals surface area contributed by atoms with Crippen molar-refractivity contribution in [3.05, 3.63) is 0 Å². The number of amides is 1. The Bertz CT molecular complexity index is 379. The summed E-state index contributed by atoms with van der Waals surface area (Å²) in [6, 6.07) is -2.44. The fourth-order valence-electron chi connectivity index (χ4n) is 1.88. The van der Waals surface area contributed by atoms with Crippen LogP contribution in [0, 0.1) is 0 Å². The van der Waals surface area contributed by atoms with E-state index in [1.165, 1.54) is 6.92 Å². The van der Waals surface area contributed by atoms with Gasteiger partial charge in [-0.1, -0.05) is 0 Å². The molecular formula is C11H20N2O8. The van der Waals surface area contributed by atoms with E-state index >= 15 is 0 Å². The van der Waals surface area contributed by atoms with E-state index in [9.17, 15) is 19.8 Å². The number of rotatable bonds is 6. The van der Waals surface area contributed by atoms with Crippen molar-refractivity contribution in [2.75, 3.05) is 13.2 Å². The number of nitrogens with two attached hydrogens (primary N) is 1. The van der Waals surface area contributed by atoms with E-state index < -0.39 is 61.8 Å². The van der Waals surface area contributed by atoms with Crippen molar-refractivity contribution in [3.63, 3.8) is 0 Å². The van der Waals surface area contributed by atoms with Gasteiger partial charge in [0, 0.05) is 6.92 Å². The molecule has 1 aliphatic heterocycles. The largest absolute Gasteiger partial charge is 0.480 e. The van der Waals surface area contributed by atoms with Gasteiger partial charge in [-0.2, -0.15) is 0 Å². The average molecular weight is 308 g/mol. The van der Waals surface area contributed by atoms with Crippen molar-refractivity contribution in [2.24, 2.45) is 5.73 Å². The van der Waals surface area contributed by atoms with E-state index in [0.29, 0.717) is 0 Å². The van der Waals surface area contributed by atoms with Crippen LogP contribution in [0.15, 0.2) is 0 Å². The number of ether oxygens (including phenoxy) is 2. The fourth-order valence-corrected chi connectivity index (χ4v) is 1.88. The van der Waals surface area contributed by atoms with Crippen LogP contribution >= 0.6 is 0 Å². The number of aliphatic hydroxyl groups is 3. The van der Waals surface area contributed by atoms with Crippen LogP contribution in [-0.4, -0.2) is 82.2 Å². The summed E-state index contributed by atoms with van der Waals surface area (Å²) in [5, 5.41) is 39.8. The highest BCUT2D eigenvalue weighted by Crippen LogP contribution is 2.22. The Balaban J connectivity index is 2.78. The van der Waals surface area contributed by atoms with Gasteiger partial charge in [0.2, 0.25) is 5.91 Å². The molecule has 0 aromatic heterocycles. The van der Waals surface area contributed by atoms with E-state index in [-0.39, 0.29) is 0 Å². The van der Waals surface area contributed by atoms with Crippen molar-refractivity contribution in [2.45, 2.75) is 43.6 Å². The lowest BCUT2D eigenvalue weighted by molar-refractivity contribution is -0.270. The number of carbonyl (C=O) groups is 2. The lowest BCUT2D eigenvalue weighted by Gasteiger charge is -2.42. The molecule has 0 aromatic carbocycles. The zero-order valence-electron chi connectivity index (χ0n) is 11.4. The molecule has 1 aliphatic rings. The first-order chi connectivity index (χ1) is 9.77. The monoisotopic (exact) mass is 308 g/mol. The molecule has 0 spiro atoms. The van der Waals surface area contributed by atoms with Crippen molar-refractivity contribution < 1.29 is 39.5 Å². The highest BCUT2D eigenvalue weighted by atomic mass is 16.7. The minimum Gasteiger partial charge on any atom is -0.480 e. The predicted molar refractivity (Wildman–Crippen MR) is 66.9 cm³/mol. The number of carbonyl (C=O) groups excluding carboxylic acids is 1. The van der Waals surface area contributed by atoms with Gasteiger partial charge < -0.3 is 41.0 Å². The predicted octanol–water partition coefficient (Wildman–Crippen LogP) is -3.64. The molecule has 7 N–H and O–H groups in total. The molecule has 6 atom stereocenters. The molecule has 1 heterocycles. The van der Waals surface area contributed by atoms with Crippen LogP contribution < -0.4 is 11.1 Å². The van der Waals surface area contributed by atoms with Crippen molar-refractivity contribution in [1.29, 1.82) is 0 Å². The summed E-state index contributed by atoms with van der Waals surface area (Å²) in [4.78, 5) is 21.7. The third kappa shape index (κ3) is 4.59. The highest BCUT2D eigenvalue weighted by Gasteiger charge is 2.45. The van der Waals surface area contributed by atoms with E-state index in [0.717, 1.165) is 0 Å². The van der Waals surface area contributed by atoms with Crippen molar-refractivity contribution in [3.8, 4) is 0 Å². The second-order valence-electron chi connectivity index (χ2n) is 4.71. The summed E-state index contributed by atoms with van der Waals surface area (Å²) in [6.45, 7) is 0.171. The molecule has 10 heteroatoms. The van der Waals surface area contributed by atoms with Gasteiger partial charge in [-0.25, -0.2) is 0 Å². The van der Waals surface area contributed by atoms with Crippen LogP contribution in [0.25, 0.3) is 0 Å². The first kappa shape index (κ1) is 17.8. The first-order valence-corrected chi connectivity index (χ1v) is 6.27. The molecule has 0 radical (unpaired) electrons. The van der Waals surface area contributed by atoms with Gasteiger partial charge in [0.25, 0.3) is 0 Å². The first-order valence-electron chi connectivity index (χ1n) is 6.27. The lowest BCUT2D eigenvalue weighted by atomic mass is 9.97. The third-order valence-corrected chi connectivity index (χ3v) is 3.01. The topological polar surface area (TPSA) is 172 Å². The maximum atomic E-state index is 11.1. The van der Waals surface area contributed by atoms with Crippen molar-refractivity contribution in [1.82, 2.24) is 5.32 Å². The SMILES string of the molecule is CC(=O)N[C@H]1[C@@H](OCC(N)C(=O)O)O[C@H](CO)[C@H](O)[C@@H]1O. The standard InChI is InChI=1S/C11H20N2O8/c1-4(15)13-7-9(17)8(16)6(2-14)21-11(7)20-3-5(12)10(18)19/h5-9,11,14,16-17H,2-3,12H2,1H3,(H,13,15)(H,18,19)/t5?,6-,7-,8+,9-,11+/m1/s1. The quantitative estimate of drug-likeness (QED) is 0.289. The molecular weight excluding hydrogens is 288 g/mol. The van der Waals surface area contributed by atoms with Gasteiger partial charge in [0.1, 0.15) is 30.4 Å². The zero-order valence-corrected chi connectivity index (χ0v) is 11.4. The lowest BCUT2D eigenvalue weighted by Crippen LogP contribution is -2.64. The summed E-state index contributed by atoms with van der Waals surface area (Å²) in [5.74, 6) is -1.80. The number of hydrogen-bond acceptors (Lipinski definition) is 8. The van der Waals surface area contributed by atoms with E-state index in [4.69, 9.17) is 25.4 Å². The number of aliphatic hydroxyl groups excluding tert-OH is 3. The van der Waals surface area contributed by atoms with Crippen LogP contribution in [0.2, 0.25) is 0 Å². The zero-order chi connectivity index (χ0) is 16.2. The van der Waals surface area contributed by atoms with Crippen LogP contribution in [0.4, 0.5) is 0 Å². The molecule has 10 nitrogen and oxygen atoms in total. The third-order valence-electron chi connectivity index (χ3n) is 3.01. The summed E-state index contributed by atoms with van der Waals surface area (Å²) in [6.07, 6.45) is -5.27. The number of carboxylic acid groups (broad SMARTS) is 1. The van der Waals surface area contributed by atoms with Crippen LogP contribution in [0.5, 0.6) is 0 Å². The Morgan fingerprint density at radius 2 is 2.00 bits per heavy atom. The number of hydrogen-bond donors (Lipinski definition) is 6. The van der Waals surface area contributed by atoms with Crippen molar-refractivity contribution >= 4 is 11.9 Å². The number of aliphatic carboxylic acids is 1. The van der Waals surface area contributed by atoms with Gasteiger partial charge in [-0.05, 0) is 0 Å². The smallest absolute Gasteiger partial charge is 0.322 e. The summed E-state index contributed by atoms with van der Waals surface area (Å²) in [7, 11) is 0. The molecule has 0 saturated carbocycles. The van der Waals surface area contributed by atoms with Crippen LogP contribution in [0.3, 0.4) is 0 Å². The Morgan fingerprint density at radius 1 is 1.38 bits per heavy atom. The summed E-state index contributed by atoms with van der Waals surface area (Å²) in [5.41, 5.74) is 5.28. The normalized spacial score (nSPS) is 34.2. The van der Waals surface area contributed by atoms with Gasteiger partial charge in [-0.3, -0.25) is 9.59 Å². The Hall–Kier alpha value is -1.30. The Kier molecular flexibility index (Phi) is 6.45. The number of nitrogens with one attached hydrogen (secondary N) is 1. The van der Waals surface area contributed by atoms with Crippen LogP contribution in [-0.2, 0) is 19.1 Å². The second-order valence-corrected chi connectivity index (χ2v) is 4.71. The van der Waals surface area contributed by atoms with E-state index in [1.807, 2.05) is 0 Å². The Morgan fingerprint density at radius 3 is 2.48 bits per heavy atom. The molecule has 0 bridgehead atoms. The van der Waals surface area contributed by atoms with E-state index in [2.05, 4.69) is 5.32 Å². The molecule has 1 saturated heterocycles. The molecule has 1 amide bonds. The molecule has 1 rings (SSSR count). The number of carboxylic acids is 1. The highest BCUT2D eigenvalue weighted by molar-refractivity contribution is 5.73. The van der Waals surface area contributed by atoms with Gasteiger partial charge >= 0.3 is 5.97 Å². The maximum absolute atomic E-state index is 11.1. The molecule has 1 unspecified atom stereocenters. The van der Waals surface area contributed by atoms with Gasteiger partial charge in [-0.15, -0.1) is 0 Å². The van der Waals surface area contributed by atoms with Gasteiger partial charge in [0.05, 0.1) is 13.2 Å². The Labute approximate surface area is 120 Å².